The van der Waals surface area contributed by atoms with Crippen molar-refractivity contribution < 1.29 is 9.90 Å². The molecule has 0 bridgehead atoms. The first-order valence-electron chi connectivity index (χ1n) is 5.33. The number of rotatable bonds is 4. The molecule has 0 saturated heterocycles. The van der Waals surface area contributed by atoms with Crippen molar-refractivity contribution in [1.82, 2.24) is 4.98 Å². The van der Waals surface area contributed by atoms with Crippen LogP contribution in [0.4, 0.5) is 0 Å². The van der Waals surface area contributed by atoms with E-state index in [-0.39, 0.29) is 17.9 Å². The molecule has 2 aromatic heterocycles. The van der Waals surface area contributed by atoms with Crippen molar-refractivity contribution in [3.05, 3.63) is 28.2 Å². The molecule has 0 aliphatic heterocycles. The van der Waals surface area contributed by atoms with E-state index in [1.807, 2.05) is 0 Å². The highest BCUT2D eigenvalue weighted by molar-refractivity contribution is 7.22. The average Bonchev–Trinajstić information content (AvgIpc) is 2.72. The Kier molecular flexibility index (Phi) is 3.75. The van der Waals surface area contributed by atoms with Crippen LogP contribution in [0.2, 0.25) is 5.02 Å². The van der Waals surface area contributed by atoms with Gasteiger partial charge in [0.1, 0.15) is 0 Å². The molecule has 1 unspecified atom stereocenters. The number of ketones is 1. The van der Waals surface area contributed by atoms with Gasteiger partial charge in [0.25, 0.3) is 0 Å². The SMILES string of the molecule is CC(O)CC(=N)C(=O)c1cc2nccc(Cl)c2s1. The lowest BCUT2D eigenvalue weighted by Gasteiger charge is -2.03. The fourth-order valence-corrected chi connectivity index (χ4v) is 2.81. The minimum Gasteiger partial charge on any atom is -0.393 e. The summed E-state index contributed by atoms with van der Waals surface area (Å²) in [7, 11) is 0. The predicted molar refractivity (Wildman–Crippen MR) is 73.0 cm³/mol. The quantitative estimate of drug-likeness (QED) is 0.669. The third-order valence-electron chi connectivity index (χ3n) is 2.36. The molecule has 6 heteroatoms. The maximum Gasteiger partial charge on any atom is 0.216 e. The Morgan fingerprint density at radius 1 is 1.67 bits per heavy atom. The summed E-state index contributed by atoms with van der Waals surface area (Å²) in [5.74, 6) is -0.380. The van der Waals surface area contributed by atoms with E-state index in [1.165, 1.54) is 11.3 Å². The van der Waals surface area contributed by atoms with Crippen LogP contribution in [0.3, 0.4) is 0 Å². The van der Waals surface area contributed by atoms with E-state index < -0.39 is 6.10 Å². The number of nitrogens with zero attached hydrogens (tertiary/aromatic N) is 1. The van der Waals surface area contributed by atoms with Crippen LogP contribution in [0.5, 0.6) is 0 Å². The zero-order chi connectivity index (χ0) is 13.3. The molecule has 4 nitrogen and oxygen atoms in total. The van der Waals surface area contributed by atoms with Crippen LogP contribution in [0.25, 0.3) is 10.2 Å². The number of nitrogens with one attached hydrogen (secondary N) is 1. The molecule has 0 saturated carbocycles. The van der Waals surface area contributed by atoms with Crippen molar-refractivity contribution >= 4 is 44.6 Å². The number of carbonyl (C=O) groups excluding carboxylic acids is 1. The lowest BCUT2D eigenvalue weighted by molar-refractivity contribution is 0.106. The number of hydrogen-bond donors (Lipinski definition) is 2. The predicted octanol–water partition coefficient (Wildman–Crippen LogP) is 2.92. The summed E-state index contributed by atoms with van der Waals surface area (Å²) in [5.41, 5.74) is 0.549. The van der Waals surface area contributed by atoms with Crippen molar-refractivity contribution in [3.63, 3.8) is 0 Å². The summed E-state index contributed by atoms with van der Waals surface area (Å²) in [6.07, 6.45) is 0.929. The van der Waals surface area contributed by atoms with Gasteiger partial charge in [0.15, 0.2) is 0 Å². The fourth-order valence-electron chi connectivity index (χ4n) is 1.56. The third-order valence-corrected chi connectivity index (χ3v) is 3.94. The van der Waals surface area contributed by atoms with Crippen LogP contribution in [0.15, 0.2) is 18.3 Å². The maximum absolute atomic E-state index is 12.0. The van der Waals surface area contributed by atoms with E-state index in [9.17, 15) is 9.90 Å². The van der Waals surface area contributed by atoms with Gasteiger partial charge in [-0.1, -0.05) is 11.6 Å². The number of carbonyl (C=O) groups is 1. The molecule has 0 aromatic carbocycles. The van der Waals surface area contributed by atoms with Gasteiger partial charge in [-0.25, -0.2) is 0 Å². The van der Waals surface area contributed by atoms with Gasteiger partial charge >= 0.3 is 0 Å². The first-order chi connectivity index (χ1) is 8.49. The van der Waals surface area contributed by atoms with Gasteiger partial charge < -0.3 is 10.5 Å². The van der Waals surface area contributed by atoms with Crippen LogP contribution in [-0.4, -0.2) is 27.7 Å². The summed E-state index contributed by atoms with van der Waals surface area (Å²) < 4.78 is 0.743. The minimum absolute atomic E-state index is 0.0498. The minimum atomic E-state index is -0.697. The Bertz CT molecular complexity index is 622. The molecule has 0 fully saturated rings. The Balaban J connectivity index is 2.34. The van der Waals surface area contributed by atoms with Crippen LogP contribution >= 0.6 is 22.9 Å². The molecular weight excluding hydrogens is 272 g/mol. The molecule has 0 aliphatic rings. The third kappa shape index (κ3) is 2.58. The van der Waals surface area contributed by atoms with Crippen molar-refractivity contribution in [1.29, 1.82) is 5.41 Å². The molecule has 0 aliphatic carbocycles. The van der Waals surface area contributed by atoms with E-state index in [1.54, 1.807) is 25.3 Å². The lowest BCUT2D eigenvalue weighted by Crippen LogP contribution is -2.17. The smallest absolute Gasteiger partial charge is 0.216 e. The lowest BCUT2D eigenvalue weighted by atomic mass is 10.1. The molecule has 2 N–H and O–H groups in total. The molecular formula is C12H11ClN2O2S. The first-order valence-corrected chi connectivity index (χ1v) is 6.52. The number of aliphatic hydroxyl groups is 1. The first kappa shape index (κ1) is 13.1. The summed E-state index contributed by atoms with van der Waals surface area (Å²) in [6, 6.07) is 3.29. The summed E-state index contributed by atoms with van der Waals surface area (Å²) in [4.78, 5) is 16.5. The molecule has 2 rings (SSSR count). The maximum atomic E-state index is 12.0. The molecule has 2 aromatic rings. The van der Waals surface area contributed by atoms with Gasteiger partial charge in [0, 0.05) is 12.6 Å². The van der Waals surface area contributed by atoms with Gasteiger partial charge in [0.05, 0.1) is 31.9 Å². The molecule has 0 amide bonds. The Labute approximate surface area is 113 Å². The topological polar surface area (TPSA) is 74.0 Å². The van der Waals surface area contributed by atoms with Crippen LogP contribution < -0.4 is 0 Å². The second-order valence-corrected chi connectivity index (χ2v) is 5.44. The Morgan fingerprint density at radius 2 is 2.39 bits per heavy atom. The molecule has 2 heterocycles. The van der Waals surface area contributed by atoms with E-state index in [4.69, 9.17) is 17.0 Å². The van der Waals surface area contributed by atoms with E-state index >= 15 is 0 Å². The second-order valence-electron chi connectivity index (χ2n) is 3.98. The average molecular weight is 283 g/mol. The number of fused-ring (bicyclic) bond motifs is 1. The normalized spacial score (nSPS) is 12.6. The Morgan fingerprint density at radius 3 is 3.00 bits per heavy atom. The van der Waals surface area contributed by atoms with Gasteiger partial charge in [-0.05, 0) is 19.1 Å². The second kappa shape index (κ2) is 5.14. The Hall–Kier alpha value is -1.30. The number of Topliss-reactive ketones (excluding diaryl/α,β-unsaturated/α-hetero) is 1. The number of aliphatic hydroxyl groups excluding tert-OH is 1. The van der Waals surface area contributed by atoms with Gasteiger partial charge in [-0.3, -0.25) is 9.78 Å². The number of aromatic nitrogens is 1. The van der Waals surface area contributed by atoms with Gasteiger partial charge in [0.2, 0.25) is 5.78 Å². The molecule has 0 spiro atoms. The highest BCUT2D eigenvalue weighted by Crippen LogP contribution is 2.30. The zero-order valence-corrected chi connectivity index (χ0v) is 11.2. The monoisotopic (exact) mass is 282 g/mol. The summed E-state index contributed by atoms with van der Waals surface area (Å²) >= 11 is 7.23. The summed E-state index contributed by atoms with van der Waals surface area (Å²) in [5, 5.41) is 17.4. The molecule has 1 atom stereocenters. The molecule has 0 radical (unpaired) electrons. The fraction of sp³-hybridized carbons (Fsp3) is 0.250. The van der Waals surface area contributed by atoms with Crippen molar-refractivity contribution in [2.24, 2.45) is 0 Å². The largest absolute Gasteiger partial charge is 0.393 e. The van der Waals surface area contributed by atoms with Gasteiger partial charge in [-0.2, -0.15) is 0 Å². The van der Waals surface area contributed by atoms with E-state index in [2.05, 4.69) is 4.98 Å². The van der Waals surface area contributed by atoms with E-state index in [0.717, 1.165) is 4.70 Å². The number of halogens is 1. The van der Waals surface area contributed by atoms with Gasteiger partial charge in [-0.15, -0.1) is 11.3 Å². The highest BCUT2D eigenvalue weighted by atomic mass is 35.5. The van der Waals surface area contributed by atoms with Crippen LogP contribution in [-0.2, 0) is 0 Å². The van der Waals surface area contributed by atoms with Crippen molar-refractivity contribution in [2.75, 3.05) is 0 Å². The van der Waals surface area contributed by atoms with Crippen LogP contribution in [0, 0.1) is 5.41 Å². The van der Waals surface area contributed by atoms with Crippen molar-refractivity contribution in [2.45, 2.75) is 19.4 Å². The molecule has 94 valence electrons. The summed E-state index contributed by atoms with van der Waals surface area (Å²) in [6.45, 7) is 1.55. The van der Waals surface area contributed by atoms with E-state index in [0.29, 0.717) is 15.4 Å². The molecule has 18 heavy (non-hydrogen) atoms. The van der Waals surface area contributed by atoms with Crippen LogP contribution in [0.1, 0.15) is 23.0 Å². The number of hydrogen-bond acceptors (Lipinski definition) is 5. The number of thiophene rings is 1. The van der Waals surface area contributed by atoms with Crippen molar-refractivity contribution in [3.8, 4) is 0 Å². The standard InChI is InChI=1S/C12H11ClN2O2S/c1-6(16)4-8(14)11(17)10-5-9-12(18-10)7(13)2-3-15-9/h2-3,5-6,14,16H,4H2,1H3. The highest BCUT2D eigenvalue weighted by Gasteiger charge is 2.18. The number of pyridine rings is 1. The zero-order valence-electron chi connectivity index (χ0n) is 9.61.